The highest BCUT2D eigenvalue weighted by Gasteiger charge is 2.35. The number of hydrogen-bond acceptors (Lipinski definition) is 3. The highest BCUT2D eigenvalue weighted by molar-refractivity contribution is 6.15. The number of benzene rings is 1. The van der Waals surface area contributed by atoms with E-state index in [0.717, 1.165) is 18.4 Å². The summed E-state index contributed by atoms with van der Waals surface area (Å²) >= 11 is 0. The molecule has 0 spiro atoms. The van der Waals surface area contributed by atoms with Crippen molar-refractivity contribution in [1.29, 1.82) is 0 Å². The van der Waals surface area contributed by atoms with Crippen molar-refractivity contribution in [2.75, 3.05) is 0 Å². The third-order valence-electron chi connectivity index (χ3n) is 4.07. The highest BCUT2D eigenvalue weighted by atomic mass is 35.5. The summed E-state index contributed by atoms with van der Waals surface area (Å²) in [5, 5.41) is 3.54. The fourth-order valence-electron chi connectivity index (χ4n) is 3.08. The van der Waals surface area contributed by atoms with Crippen molar-refractivity contribution in [2.45, 2.75) is 43.9 Å². The predicted molar refractivity (Wildman–Crippen MR) is 81.8 cm³/mol. The predicted octanol–water partition coefficient (Wildman–Crippen LogP) is 2.95. The number of piperidine rings is 1. The molecular weight excluding hydrogens is 274 g/mol. The van der Waals surface area contributed by atoms with Crippen LogP contribution in [0.5, 0.6) is 0 Å². The van der Waals surface area contributed by atoms with Gasteiger partial charge in [0.05, 0.1) is 5.57 Å². The Kier molecular flexibility index (Phi) is 4.84. The molecule has 2 saturated heterocycles. The van der Waals surface area contributed by atoms with Crippen molar-refractivity contribution in [3.8, 4) is 0 Å². The number of nitrogens with one attached hydrogen (secondary N) is 1. The largest absolute Gasteiger partial charge is 0.459 e. The molecule has 3 rings (SSSR count). The summed E-state index contributed by atoms with van der Waals surface area (Å²) in [4.78, 5) is 12.1. The number of carbonyl (C=O) groups excluding carboxylic acids is 1. The van der Waals surface area contributed by atoms with Crippen molar-refractivity contribution in [1.82, 2.24) is 5.32 Å². The van der Waals surface area contributed by atoms with E-state index in [1.165, 1.54) is 12.8 Å². The average molecular weight is 294 g/mol. The summed E-state index contributed by atoms with van der Waals surface area (Å²) in [5.41, 5.74) is 1.29. The van der Waals surface area contributed by atoms with Crippen molar-refractivity contribution in [3.05, 3.63) is 42.5 Å². The quantitative estimate of drug-likeness (QED) is 0.688. The molecule has 2 aliphatic heterocycles. The number of fused-ring (bicyclic) bond motifs is 2. The van der Waals surface area contributed by atoms with Crippen LogP contribution in [-0.4, -0.2) is 24.2 Å². The number of hydrogen-bond donors (Lipinski definition) is 1. The molecule has 3 atom stereocenters. The Hall–Kier alpha value is -1.32. The van der Waals surface area contributed by atoms with Gasteiger partial charge >= 0.3 is 5.97 Å². The van der Waals surface area contributed by atoms with Crippen LogP contribution in [0.4, 0.5) is 0 Å². The minimum Gasteiger partial charge on any atom is -0.459 e. The Bertz CT molecular complexity index is 477. The maximum atomic E-state index is 12.1. The van der Waals surface area contributed by atoms with Gasteiger partial charge in [0, 0.05) is 12.1 Å². The van der Waals surface area contributed by atoms with Crippen molar-refractivity contribution in [3.63, 3.8) is 0 Å². The Morgan fingerprint density at radius 2 is 1.75 bits per heavy atom. The van der Waals surface area contributed by atoms with Gasteiger partial charge in [0.15, 0.2) is 0 Å². The summed E-state index contributed by atoms with van der Waals surface area (Å²) < 4.78 is 5.61. The van der Waals surface area contributed by atoms with Crippen molar-refractivity contribution < 1.29 is 9.53 Å². The monoisotopic (exact) mass is 293 g/mol. The van der Waals surface area contributed by atoms with Gasteiger partial charge < -0.3 is 10.1 Å². The zero-order valence-electron chi connectivity index (χ0n) is 11.4. The number of carbonyl (C=O) groups is 1. The minimum atomic E-state index is -0.280. The molecule has 1 aromatic rings. The average Bonchev–Trinajstić information content (AvgIpc) is 2.78. The molecule has 108 valence electrons. The second-order valence-corrected chi connectivity index (χ2v) is 5.48. The number of rotatable bonds is 3. The van der Waals surface area contributed by atoms with Crippen LogP contribution in [0.2, 0.25) is 0 Å². The van der Waals surface area contributed by atoms with Crippen LogP contribution in [0.25, 0.3) is 5.57 Å². The van der Waals surface area contributed by atoms with Crippen LogP contribution in [0.1, 0.15) is 31.2 Å². The van der Waals surface area contributed by atoms with Crippen LogP contribution in [-0.2, 0) is 9.53 Å². The molecule has 0 aliphatic carbocycles. The fraction of sp³-hybridized carbons (Fsp3) is 0.438. The standard InChI is InChI=1S/C16H19NO2.ClH/c1-11(12-5-3-2-4-6-12)16(18)19-15-9-13-7-8-14(10-15)17-13;/h2-6,13-15,17H,1,7-10H2;1H/t13-,14+,15?;. The Labute approximate surface area is 125 Å². The molecule has 0 radical (unpaired) electrons. The lowest BCUT2D eigenvalue weighted by Crippen LogP contribution is -2.42. The van der Waals surface area contributed by atoms with Gasteiger partial charge in [-0.1, -0.05) is 36.9 Å². The topological polar surface area (TPSA) is 38.3 Å². The molecule has 1 aromatic carbocycles. The molecular formula is C16H20ClNO2. The molecule has 1 unspecified atom stereocenters. The van der Waals surface area contributed by atoms with Gasteiger partial charge in [0.1, 0.15) is 6.10 Å². The second-order valence-electron chi connectivity index (χ2n) is 5.48. The van der Waals surface area contributed by atoms with Gasteiger partial charge in [0.2, 0.25) is 0 Å². The SMILES string of the molecule is C=C(C(=O)OC1C[C@H]2CC[C@@H](C1)N2)c1ccccc1.Cl. The zero-order chi connectivity index (χ0) is 13.2. The number of ether oxygens (including phenoxy) is 1. The number of esters is 1. The summed E-state index contributed by atoms with van der Waals surface area (Å²) in [6.07, 6.45) is 4.33. The van der Waals surface area contributed by atoms with E-state index in [9.17, 15) is 4.79 Å². The van der Waals surface area contributed by atoms with Crippen molar-refractivity contribution in [2.24, 2.45) is 0 Å². The molecule has 2 aliphatic rings. The summed E-state index contributed by atoms with van der Waals surface area (Å²) in [7, 11) is 0. The van der Waals surface area contributed by atoms with E-state index < -0.39 is 0 Å². The first-order valence-electron chi connectivity index (χ1n) is 6.94. The van der Waals surface area contributed by atoms with E-state index in [2.05, 4.69) is 11.9 Å². The van der Waals surface area contributed by atoms with Crippen molar-refractivity contribution >= 4 is 23.9 Å². The van der Waals surface area contributed by atoms with E-state index in [-0.39, 0.29) is 24.5 Å². The number of halogens is 1. The highest BCUT2D eigenvalue weighted by Crippen LogP contribution is 2.29. The van der Waals surface area contributed by atoms with Gasteiger partial charge in [-0.2, -0.15) is 0 Å². The molecule has 4 heteroatoms. The van der Waals surface area contributed by atoms with E-state index in [1.54, 1.807) is 0 Å². The van der Waals surface area contributed by atoms with Gasteiger partial charge in [-0.15, -0.1) is 12.4 Å². The Morgan fingerprint density at radius 3 is 2.35 bits per heavy atom. The third kappa shape index (κ3) is 3.22. The van der Waals surface area contributed by atoms with E-state index in [4.69, 9.17) is 4.74 Å². The first kappa shape index (κ1) is 15.1. The van der Waals surface area contributed by atoms with E-state index in [1.807, 2.05) is 30.3 Å². The molecule has 0 amide bonds. The lowest BCUT2D eigenvalue weighted by atomic mass is 10.0. The smallest absolute Gasteiger partial charge is 0.338 e. The van der Waals surface area contributed by atoms with E-state index in [0.29, 0.717) is 17.7 Å². The first-order valence-corrected chi connectivity index (χ1v) is 6.94. The van der Waals surface area contributed by atoms with E-state index >= 15 is 0 Å². The van der Waals surface area contributed by atoms with Crippen LogP contribution in [0, 0.1) is 0 Å². The van der Waals surface area contributed by atoms with Crippen LogP contribution < -0.4 is 5.32 Å². The first-order chi connectivity index (χ1) is 9.22. The molecule has 2 heterocycles. The summed E-state index contributed by atoms with van der Waals surface area (Å²) in [6.45, 7) is 3.85. The lowest BCUT2D eigenvalue weighted by molar-refractivity contribution is -0.143. The third-order valence-corrected chi connectivity index (χ3v) is 4.07. The maximum absolute atomic E-state index is 12.1. The summed E-state index contributed by atoms with van der Waals surface area (Å²) in [5.74, 6) is -0.280. The molecule has 20 heavy (non-hydrogen) atoms. The van der Waals surface area contributed by atoms with Gasteiger partial charge in [-0.25, -0.2) is 4.79 Å². The molecule has 2 bridgehead atoms. The Morgan fingerprint density at radius 1 is 1.15 bits per heavy atom. The normalized spacial score (nSPS) is 27.5. The van der Waals surface area contributed by atoms with Gasteiger partial charge in [-0.05, 0) is 31.2 Å². The van der Waals surface area contributed by atoms with Crippen LogP contribution in [0.15, 0.2) is 36.9 Å². The van der Waals surface area contributed by atoms with Crippen LogP contribution >= 0.6 is 12.4 Å². The lowest BCUT2D eigenvalue weighted by Gasteiger charge is -2.28. The molecule has 0 saturated carbocycles. The second kappa shape index (κ2) is 6.42. The molecule has 0 aromatic heterocycles. The molecule has 2 fully saturated rings. The zero-order valence-corrected chi connectivity index (χ0v) is 12.2. The maximum Gasteiger partial charge on any atom is 0.338 e. The Balaban J connectivity index is 0.00000147. The fourth-order valence-corrected chi connectivity index (χ4v) is 3.08. The van der Waals surface area contributed by atoms with Gasteiger partial charge in [0.25, 0.3) is 0 Å². The summed E-state index contributed by atoms with van der Waals surface area (Å²) in [6, 6.07) is 10.6. The molecule has 1 N–H and O–H groups in total. The minimum absolute atomic E-state index is 0. The molecule has 3 nitrogen and oxygen atoms in total. The van der Waals surface area contributed by atoms with Gasteiger partial charge in [-0.3, -0.25) is 0 Å². The van der Waals surface area contributed by atoms with Crippen LogP contribution in [0.3, 0.4) is 0 Å².